The molecule has 0 saturated carbocycles. The Hall–Kier alpha value is -1.29. The van der Waals surface area contributed by atoms with Crippen LogP contribution in [0.25, 0.3) is 0 Å². The Kier molecular flexibility index (Phi) is 6.67. The number of pyridine rings is 1. The molecular formula is C18H22BrN3O3S2. The van der Waals surface area contributed by atoms with E-state index >= 15 is 0 Å². The summed E-state index contributed by atoms with van der Waals surface area (Å²) in [7, 11) is -3.44. The molecule has 1 aliphatic heterocycles. The summed E-state index contributed by atoms with van der Waals surface area (Å²) in [5, 5.41) is 2.93. The molecule has 3 heterocycles. The molecule has 1 atom stereocenters. The van der Waals surface area contributed by atoms with Crippen molar-refractivity contribution in [2.45, 2.75) is 30.5 Å². The molecule has 146 valence electrons. The van der Waals surface area contributed by atoms with E-state index in [0.717, 1.165) is 9.48 Å². The molecule has 2 aromatic rings. The first kappa shape index (κ1) is 20.4. The highest BCUT2D eigenvalue weighted by Gasteiger charge is 2.34. The molecule has 3 rings (SSSR count). The maximum atomic E-state index is 12.7. The summed E-state index contributed by atoms with van der Waals surface area (Å²) < 4.78 is 28.1. The van der Waals surface area contributed by atoms with Crippen molar-refractivity contribution >= 4 is 43.2 Å². The highest BCUT2D eigenvalue weighted by Crippen LogP contribution is 2.32. The van der Waals surface area contributed by atoms with Crippen LogP contribution in [-0.2, 0) is 21.4 Å². The van der Waals surface area contributed by atoms with E-state index in [-0.39, 0.29) is 17.7 Å². The van der Waals surface area contributed by atoms with Crippen molar-refractivity contribution in [3.05, 3.63) is 46.0 Å². The van der Waals surface area contributed by atoms with Gasteiger partial charge in [0.2, 0.25) is 5.91 Å². The van der Waals surface area contributed by atoms with Crippen molar-refractivity contribution in [1.29, 1.82) is 0 Å². The summed E-state index contributed by atoms with van der Waals surface area (Å²) in [6, 6.07) is 8.98. The summed E-state index contributed by atoms with van der Waals surface area (Å²) in [4.78, 5) is 16.6. The maximum absolute atomic E-state index is 12.7. The van der Waals surface area contributed by atoms with Gasteiger partial charge in [-0.15, -0.1) is 11.3 Å². The van der Waals surface area contributed by atoms with Gasteiger partial charge in [-0.3, -0.25) is 9.78 Å². The van der Waals surface area contributed by atoms with Gasteiger partial charge in [-0.2, -0.15) is 4.31 Å². The van der Waals surface area contributed by atoms with E-state index in [1.807, 2.05) is 25.1 Å². The lowest BCUT2D eigenvalue weighted by Crippen LogP contribution is -2.42. The largest absolute Gasteiger partial charge is 0.350 e. The molecule has 0 aliphatic carbocycles. The van der Waals surface area contributed by atoms with Crippen molar-refractivity contribution in [2.24, 2.45) is 11.8 Å². The average molecular weight is 472 g/mol. The van der Waals surface area contributed by atoms with Gasteiger partial charge in [0.05, 0.1) is 16.0 Å². The first-order chi connectivity index (χ1) is 12.9. The number of sulfonamides is 1. The number of nitrogens with zero attached hydrogens (tertiary/aromatic N) is 2. The summed E-state index contributed by atoms with van der Waals surface area (Å²) in [6.07, 6.45) is 3.07. The molecular weight excluding hydrogens is 450 g/mol. The van der Waals surface area contributed by atoms with E-state index in [9.17, 15) is 13.2 Å². The zero-order chi connectivity index (χ0) is 19.4. The predicted molar refractivity (Wildman–Crippen MR) is 109 cm³/mol. The molecule has 9 heteroatoms. The van der Waals surface area contributed by atoms with Crippen LogP contribution in [0, 0.1) is 11.8 Å². The van der Waals surface area contributed by atoms with E-state index in [1.54, 1.807) is 18.3 Å². The lowest BCUT2D eigenvalue weighted by atomic mass is 9.85. The first-order valence-corrected chi connectivity index (χ1v) is 11.9. The molecule has 27 heavy (non-hydrogen) atoms. The lowest BCUT2D eigenvalue weighted by molar-refractivity contribution is -0.126. The third-order valence-electron chi connectivity index (χ3n) is 4.93. The van der Waals surface area contributed by atoms with Gasteiger partial charge in [0, 0.05) is 25.2 Å². The standard InChI is InChI=1S/C18H22BrN3O3S2/c1-13(18(23)21-12-15-4-2-3-9-20-15)14-7-10-22(11-8-14)27(24,25)17-6-5-16(19)26-17/h2-6,9,13-14H,7-8,10-12H2,1H3,(H,21,23). The molecule has 0 aromatic carbocycles. The second kappa shape index (κ2) is 8.81. The van der Waals surface area contributed by atoms with Crippen molar-refractivity contribution < 1.29 is 13.2 Å². The summed E-state index contributed by atoms with van der Waals surface area (Å²) in [6.45, 7) is 3.21. The fraction of sp³-hybridized carbons (Fsp3) is 0.444. The van der Waals surface area contributed by atoms with Gasteiger partial charge in [0.1, 0.15) is 4.21 Å². The van der Waals surface area contributed by atoms with Gasteiger partial charge in [0.15, 0.2) is 0 Å². The monoisotopic (exact) mass is 471 g/mol. The quantitative estimate of drug-likeness (QED) is 0.700. The van der Waals surface area contributed by atoms with E-state index in [4.69, 9.17) is 0 Å². The van der Waals surface area contributed by atoms with Gasteiger partial charge in [-0.05, 0) is 59.0 Å². The van der Waals surface area contributed by atoms with Crippen LogP contribution in [0.15, 0.2) is 44.5 Å². The fourth-order valence-electron chi connectivity index (χ4n) is 3.24. The van der Waals surface area contributed by atoms with Crippen LogP contribution in [0.4, 0.5) is 0 Å². The van der Waals surface area contributed by atoms with Crippen molar-refractivity contribution in [3.63, 3.8) is 0 Å². The van der Waals surface area contributed by atoms with Crippen LogP contribution in [0.1, 0.15) is 25.5 Å². The molecule has 0 radical (unpaired) electrons. The highest BCUT2D eigenvalue weighted by molar-refractivity contribution is 9.11. The number of thiophene rings is 1. The molecule has 1 fully saturated rings. The molecule has 1 N–H and O–H groups in total. The number of piperidine rings is 1. The van der Waals surface area contributed by atoms with Crippen LogP contribution >= 0.6 is 27.3 Å². The van der Waals surface area contributed by atoms with Crippen LogP contribution in [0.3, 0.4) is 0 Å². The van der Waals surface area contributed by atoms with Crippen molar-refractivity contribution in [2.75, 3.05) is 13.1 Å². The number of nitrogens with one attached hydrogen (secondary N) is 1. The number of aromatic nitrogens is 1. The predicted octanol–water partition coefficient (Wildman–Crippen LogP) is 3.26. The van der Waals surface area contributed by atoms with Crippen molar-refractivity contribution in [3.8, 4) is 0 Å². The number of rotatable bonds is 6. The summed E-state index contributed by atoms with van der Waals surface area (Å²) in [5.74, 6) is 0.00819. The Morgan fingerprint density at radius 1 is 1.33 bits per heavy atom. The average Bonchev–Trinajstić information content (AvgIpc) is 3.13. The molecule has 1 amide bonds. The SMILES string of the molecule is CC(C(=O)NCc1ccccn1)C1CCN(S(=O)(=O)c2ccc(Br)s2)CC1. The Bertz CT molecular complexity index is 878. The molecule has 1 unspecified atom stereocenters. The van der Waals surface area contributed by atoms with Gasteiger partial charge >= 0.3 is 0 Å². The maximum Gasteiger partial charge on any atom is 0.252 e. The van der Waals surface area contributed by atoms with Crippen molar-refractivity contribution in [1.82, 2.24) is 14.6 Å². The number of amides is 1. The Morgan fingerprint density at radius 2 is 2.07 bits per heavy atom. The zero-order valence-electron chi connectivity index (χ0n) is 15.0. The molecule has 0 spiro atoms. The van der Waals surface area contributed by atoms with E-state index in [2.05, 4.69) is 26.2 Å². The van der Waals surface area contributed by atoms with Crippen LogP contribution in [-0.4, -0.2) is 36.7 Å². The van der Waals surface area contributed by atoms with E-state index in [0.29, 0.717) is 36.7 Å². The molecule has 6 nitrogen and oxygen atoms in total. The minimum atomic E-state index is -3.44. The zero-order valence-corrected chi connectivity index (χ0v) is 18.2. The number of carbonyl (C=O) groups excluding carboxylic acids is 1. The topological polar surface area (TPSA) is 79.4 Å². The van der Waals surface area contributed by atoms with Gasteiger partial charge in [-0.1, -0.05) is 13.0 Å². The van der Waals surface area contributed by atoms with Gasteiger partial charge < -0.3 is 5.32 Å². The molecule has 1 saturated heterocycles. The van der Waals surface area contributed by atoms with Gasteiger partial charge in [0.25, 0.3) is 10.0 Å². The van der Waals surface area contributed by atoms with Crippen LogP contribution in [0.2, 0.25) is 0 Å². The van der Waals surface area contributed by atoms with Crippen LogP contribution in [0.5, 0.6) is 0 Å². The Balaban J connectivity index is 1.53. The Morgan fingerprint density at radius 3 is 2.67 bits per heavy atom. The molecule has 1 aliphatic rings. The minimum Gasteiger partial charge on any atom is -0.350 e. The number of hydrogen-bond acceptors (Lipinski definition) is 5. The number of carbonyl (C=O) groups is 1. The van der Waals surface area contributed by atoms with E-state index in [1.165, 1.54) is 15.6 Å². The van der Waals surface area contributed by atoms with Gasteiger partial charge in [-0.25, -0.2) is 8.42 Å². The highest BCUT2D eigenvalue weighted by atomic mass is 79.9. The smallest absolute Gasteiger partial charge is 0.252 e. The van der Waals surface area contributed by atoms with E-state index < -0.39 is 10.0 Å². The Labute approximate surface area is 172 Å². The third kappa shape index (κ3) is 4.96. The first-order valence-electron chi connectivity index (χ1n) is 8.81. The minimum absolute atomic E-state index is 0.0100. The second-order valence-corrected chi connectivity index (χ2v) is 11.3. The summed E-state index contributed by atoms with van der Waals surface area (Å²) >= 11 is 4.53. The number of halogens is 1. The van der Waals surface area contributed by atoms with Crippen LogP contribution < -0.4 is 5.32 Å². The molecule has 0 bridgehead atoms. The third-order valence-corrected chi connectivity index (χ3v) is 8.92. The fourth-order valence-corrected chi connectivity index (χ4v) is 6.87. The number of hydrogen-bond donors (Lipinski definition) is 1. The summed E-state index contributed by atoms with van der Waals surface area (Å²) in [5.41, 5.74) is 0.820. The lowest BCUT2D eigenvalue weighted by Gasteiger charge is -2.33. The normalized spacial score (nSPS) is 17.6. The second-order valence-electron chi connectivity index (χ2n) is 6.63. The molecule has 2 aromatic heterocycles.